The van der Waals surface area contributed by atoms with Gasteiger partial charge in [-0.05, 0) is 67.9 Å². The van der Waals surface area contributed by atoms with Crippen LogP contribution in [0.1, 0.15) is 70.9 Å². The lowest BCUT2D eigenvalue weighted by Gasteiger charge is -2.27. The van der Waals surface area contributed by atoms with Crippen molar-refractivity contribution in [3.63, 3.8) is 0 Å². The summed E-state index contributed by atoms with van der Waals surface area (Å²) >= 11 is 0. The van der Waals surface area contributed by atoms with Gasteiger partial charge in [-0.15, -0.1) is 0 Å². The zero-order valence-electron chi connectivity index (χ0n) is 27.0. The molecule has 0 saturated carbocycles. The Labute approximate surface area is 269 Å². The molecule has 0 aromatic heterocycles. The number of benzene rings is 2. The summed E-state index contributed by atoms with van der Waals surface area (Å²) in [6.45, 7) is 7.33. The SMILES string of the molecule is CCOC(=O)NC(CC(=O)CCC(C)(C)CCC(=O)[C@@H](O)[C@@H](COCc1ccccc1)NC(=O)OCC)Cc1cc(F)ccc1F. The molecule has 0 fully saturated rings. The van der Waals surface area contributed by atoms with Crippen molar-refractivity contribution in [3.8, 4) is 0 Å². The van der Waals surface area contributed by atoms with Crippen LogP contribution in [-0.2, 0) is 36.8 Å². The smallest absolute Gasteiger partial charge is 0.407 e. The molecule has 0 aliphatic carbocycles. The number of carbonyl (C=O) groups excluding carboxylic acids is 4. The minimum atomic E-state index is -1.55. The van der Waals surface area contributed by atoms with E-state index in [4.69, 9.17) is 14.2 Å². The highest BCUT2D eigenvalue weighted by atomic mass is 19.1. The highest BCUT2D eigenvalue weighted by Crippen LogP contribution is 2.29. The molecule has 3 atom stereocenters. The first-order chi connectivity index (χ1) is 21.8. The Morgan fingerprint density at radius 2 is 1.52 bits per heavy atom. The van der Waals surface area contributed by atoms with Crippen molar-refractivity contribution in [2.24, 2.45) is 5.41 Å². The topological polar surface area (TPSA) is 140 Å². The Balaban J connectivity index is 1.94. The highest BCUT2D eigenvalue weighted by Gasteiger charge is 2.30. The number of ketones is 2. The zero-order valence-corrected chi connectivity index (χ0v) is 27.0. The van der Waals surface area contributed by atoms with Crippen LogP contribution in [0.15, 0.2) is 48.5 Å². The molecule has 46 heavy (non-hydrogen) atoms. The van der Waals surface area contributed by atoms with Gasteiger partial charge in [0, 0.05) is 25.3 Å². The van der Waals surface area contributed by atoms with Gasteiger partial charge in [-0.25, -0.2) is 18.4 Å². The van der Waals surface area contributed by atoms with Gasteiger partial charge in [0.2, 0.25) is 0 Å². The number of alkyl carbamates (subject to hydrolysis) is 2. The Morgan fingerprint density at radius 1 is 0.891 bits per heavy atom. The van der Waals surface area contributed by atoms with E-state index in [0.717, 1.165) is 23.8 Å². The number of aliphatic hydroxyl groups excluding tert-OH is 1. The first-order valence-electron chi connectivity index (χ1n) is 15.5. The van der Waals surface area contributed by atoms with E-state index in [9.17, 15) is 33.1 Å². The van der Waals surface area contributed by atoms with Crippen molar-refractivity contribution < 1.29 is 47.3 Å². The standard InChI is InChI=1S/C34H46F2N2O8/c1-5-45-32(42)37-26(19-24-18-25(35)12-13-28(24)36)20-27(39)14-16-34(3,4)17-15-30(40)31(41)29(38-33(43)46-6-2)22-44-21-23-10-8-7-9-11-23/h7-13,18,26,29,31,41H,5-6,14-17,19-22H2,1-4H3,(H,37,42)(H,38,43)/t26?,29-,31+/m1/s1. The Morgan fingerprint density at radius 3 is 2.17 bits per heavy atom. The second kappa shape index (κ2) is 19.6. The maximum absolute atomic E-state index is 14.3. The molecule has 0 aliphatic heterocycles. The molecule has 3 N–H and O–H groups in total. The van der Waals surface area contributed by atoms with Crippen LogP contribution >= 0.6 is 0 Å². The van der Waals surface area contributed by atoms with Crippen molar-refractivity contribution in [1.82, 2.24) is 10.6 Å². The third kappa shape index (κ3) is 14.5. The van der Waals surface area contributed by atoms with Crippen LogP contribution in [0.2, 0.25) is 0 Å². The lowest BCUT2D eigenvalue weighted by molar-refractivity contribution is -0.130. The summed E-state index contributed by atoms with van der Waals surface area (Å²) in [5, 5.41) is 15.9. The Bertz CT molecular complexity index is 1280. The summed E-state index contributed by atoms with van der Waals surface area (Å²) in [5.74, 6) is -2.01. The van der Waals surface area contributed by atoms with Crippen molar-refractivity contribution >= 4 is 23.8 Å². The first kappa shape index (κ1) is 38.3. The summed E-state index contributed by atoms with van der Waals surface area (Å²) in [6.07, 6.45) is -2.52. The van der Waals surface area contributed by atoms with E-state index in [2.05, 4.69) is 10.6 Å². The Kier molecular flexibility index (Phi) is 16.3. The summed E-state index contributed by atoms with van der Waals surface area (Å²) in [6, 6.07) is 10.4. The molecule has 2 rings (SSSR count). The molecule has 2 amide bonds. The van der Waals surface area contributed by atoms with E-state index in [1.165, 1.54) is 0 Å². The van der Waals surface area contributed by atoms with Gasteiger partial charge < -0.3 is 30.0 Å². The fourth-order valence-electron chi connectivity index (χ4n) is 4.71. The summed E-state index contributed by atoms with van der Waals surface area (Å²) in [5.41, 5.74) is 0.421. The summed E-state index contributed by atoms with van der Waals surface area (Å²) in [4.78, 5) is 50.1. The maximum Gasteiger partial charge on any atom is 0.407 e. The van der Waals surface area contributed by atoms with Crippen LogP contribution in [0.5, 0.6) is 0 Å². The number of hydrogen-bond donors (Lipinski definition) is 3. The van der Waals surface area contributed by atoms with E-state index in [-0.39, 0.29) is 63.5 Å². The number of ether oxygens (including phenoxy) is 3. The number of hydrogen-bond acceptors (Lipinski definition) is 8. The molecule has 0 bridgehead atoms. The van der Waals surface area contributed by atoms with E-state index in [0.29, 0.717) is 12.8 Å². The van der Waals surface area contributed by atoms with Crippen LogP contribution in [0.25, 0.3) is 0 Å². The van der Waals surface area contributed by atoms with E-state index in [1.54, 1.807) is 13.8 Å². The van der Waals surface area contributed by atoms with Gasteiger partial charge in [0.1, 0.15) is 23.5 Å². The lowest BCUT2D eigenvalue weighted by atomic mass is 9.81. The molecule has 0 spiro atoms. The minimum Gasteiger partial charge on any atom is -0.450 e. The minimum absolute atomic E-state index is 0.0199. The quantitative estimate of drug-likeness (QED) is 0.173. The third-order valence-electron chi connectivity index (χ3n) is 7.37. The van der Waals surface area contributed by atoms with E-state index >= 15 is 0 Å². The molecule has 1 unspecified atom stereocenters. The van der Waals surface area contributed by atoms with Crippen molar-refractivity contribution in [2.75, 3.05) is 19.8 Å². The monoisotopic (exact) mass is 648 g/mol. The lowest BCUT2D eigenvalue weighted by Crippen LogP contribution is -2.50. The van der Waals surface area contributed by atoms with Crippen LogP contribution in [0.4, 0.5) is 18.4 Å². The van der Waals surface area contributed by atoms with Crippen molar-refractivity contribution in [2.45, 2.75) is 91.0 Å². The molecule has 2 aromatic carbocycles. The number of halogens is 2. The fraction of sp³-hybridized carbons (Fsp3) is 0.529. The van der Waals surface area contributed by atoms with Crippen LogP contribution in [0, 0.1) is 17.0 Å². The second-order valence-electron chi connectivity index (χ2n) is 11.8. The van der Waals surface area contributed by atoms with Gasteiger partial charge in [0.25, 0.3) is 0 Å². The summed E-state index contributed by atoms with van der Waals surface area (Å²) in [7, 11) is 0. The Hall–Kier alpha value is -3.90. The molecular weight excluding hydrogens is 602 g/mol. The predicted octanol–water partition coefficient (Wildman–Crippen LogP) is 5.43. The number of aliphatic hydroxyl groups is 1. The number of rotatable bonds is 20. The largest absolute Gasteiger partial charge is 0.450 e. The number of amides is 2. The molecule has 0 aliphatic rings. The normalized spacial score (nSPS) is 13.3. The number of Topliss-reactive ketones (excluding diaryl/α,β-unsaturated/α-hetero) is 2. The molecular formula is C34H46F2N2O8. The second-order valence-corrected chi connectivity index (χ2v) is 11.8. The van der Waals surface area contributed by atoms with Gasteiger partial charge in [0.05, 0.1) is 32.5 Å². The first-order valence-corrected chi connectivity index (χ1v) is 15.5. The molecule has 0 radical (unpaired) electrons. The number of nitrogens with one attached hydrogen (secondary N) is 2. The van der Waals surface area contributed by atoms with Crippen molar-refractivity contribution in [1.29, 1.82) is 0 Å². The predicted molar refractivity (Wildman–Crippen MR) is 167 cm³/mol. The summed E-state index contributed by atoms with van der Waals surface area (Å²) < 4.78 is 43.5. The average Bonchev–Trinajstić information content (AvgIpc) is 3.00. The highest BCUT2D eigenvalue weighted by molar-refractivity contribution is 5.84. The van der Waals surface area contributed by atoms with Crippen LogP contribution < -0.4 is 10.6 Å². The average molecular weight is 649 g/mol. The molecule has 0 heterocycles. The third-order valence-corrected chi connectivity index (χ3v) is 7.37. The zero-order chi connectivity index (χ0) is 34.1. The van der Waals surface area contributed by atoms with Gasteiger partial charge in [-0.1, -0.05) is 44.2 Å². The van der Waals surface area contributed by atoms with Gasteiger partial charge in [-0.2, -0.15) is 0 Å². The van der Waals surface area contributed by atoms with Crippen LogP contribution in [-0.4, -0.2) is 66.9 Å². The van der Waals surface area contributed by atoms with Gasteiger partial charge in [-0.3, -0.25) is 9.59 Å². The molecule has 12 heteroatoms. The van der Waals surface area contributed by atoms with Gasteiger partial charge in [0.15, 0.2) is 5.78 Å². The molecule has 254 valence electrons. The van der Waals surface area contributed by atoms with Gasteiger partial charge >= 0.3 is 12.2 Å². The maximum atomic E-state index is 14.3. The van der Waals surface area contributed by atoms with E-state index < -0.39 is 53.2 Å². The van der Waals surface area contributed by atoms with Crippen LogP contribution in [0.3, 0.4) is 0 Å². The fourth-order valence-corrected chi connectivity index (χ4v) is 4.71. The van der Waals surface area contributed by atoms with Crippen molar-refractivity contribution in [3.05, 3.63) is 71.3 Å². The number of carbonyl (C=O) groups is 4. The molecule has 2 aromatic rings. The molecule has 10 nitrogen and oxygen atoms in total. The van der Waals surface area contributed by atoms with E-state index in [1.807, 2.05) is 44.2 Å². The molecule has 0 saturated heterocycles.